The summed E-state index contributed by atoms with van der Waals surface area (Å²) in [5.74, 6) is 0. The molecule has 0 N–H and O–H groups in total. The topological polar surface area (TPSA) is 43.2 Å². The predicted molar refractivity (Wildman–Crippen MR) is 103 cm³/mol. The lowest BCUT2D eigenvalue weighted by molar-refractivity contribution is 0.0360. The van der Waals surface area contributed by atoms with Gasteiger partial charge in [0.05, 0.1) is 25.5 Å². The molecule has 0 aliphatic carbocycles. The van der Waals surface area contributed by atoms with Crippen molar-refractivity contribution in [1.29, 1.82) is 0 Å². The van der Waals surface area contributed by atoms with Gasteiger partial charge in [0, 0.05) is 49.4 Å². The van der Waals surface area contributed by atoms with E-state index in [0.717, 1.165) is 50.7 Å². The van der Waals surface area contributed by atoms with Crippen LogP contribution in [-0.4, -0.2) is 52.5 Å². The van der Waals surface area contributed by atoms with Gasteiger partial charge in [-0.2, -0.15) is 5.10 Å². The zero-order valence-corrected chi connectivity index (χ0v) is 15.1. The molecule has 4 rings (SSSR count). The number of benzene rings is 1. The third-order valence-corrected chi connectivity index (χ3v) is 4.90. The molecule has 0 spiro atoms. The molecule has 1 fully saturated rings. The number of pyridine rings is 1. The molecule has 26 heavy (non-hydrogen) atoms. The van der Waals surface area contributed by atoms with Crippen molar-refractivity contribution in [3.63, 3.8) is 0 Å². The largest absolute Gasteiger partial charge is 0.379 e. The molecule has 5 nitrogen and oxygen atoms in total. The third-order valence-electron chi connectivity index (χ3n) is 4.90. The predicted octanol–water partition coefficient (Wildman–Crippen LogP) is 3.25. The minimum Gasteiger partial charge on any atom is -0.379 e. The number of aryl methyl sites for hydroxylation is 1. The Labute approximate surface area is 154 Å². The average Bonchev–Trinajstić information content (AvgIpc) is 3.17. The molecule has 1 aromatic carbocycles. The van der Waals surface area contributed by atoms with Crippen LogP contribution in [0.2, 0.25) is 0 Å². The van der Waals surface area contributed by atoms with Crippen LogP contribution in [0.4, 0.5) is 0 Å². The van der Waals surface area contributed by atoms with Crippen LogP contribution in [0.15, 0.2) is 55.0 Å². The highest BCUT2D eigenvalue weighted by atomic mass is 16.5. The quantitative estimate of drug-likeness (QED) is 0.710. The highest BCUT2D eigenvalue weighted by molar-refractivity contribution is 5.72. The molecule has 3 heterocycles. The summed E-state index contributed by atoms with van der Waals surface area (Å²) in [6.45, 7) is 7.74. The van der Waals surface area contributed by atoms with Crippen molar-refractivity contribution < 1.29 is 4.74 Å². The van der Waals surface area contributed by atoms with Gasteiger partial charge in [-0.05, 0) is 36.2 Å². The van der Waals surface area contributed by atoms with Gasteiger partial charge < -0.3 is 4.74 Å². The molecule has 3 aromatic rings. The first kappa shape index (κ1) is 16.9. The Bertz CT molecular complexity index is 868. The van der Waals surface area contributed by atoms with E-state index in [1.807, 2.05) is 23.1 Å². The molecule has 0 radical (unpaired) electrons. The van der Waals surface area contributed by atoms with Crippen LogP contribution in [0, 0.1) is 6.92 Å². The number of rotatable bonds is 5. The van der Waals surface area contributed by atoms with Gasteiger partial charge in [0.15, 0.2) is 0 Å². The second kappa shape index (κ2) is 7.81. The average molecular weight is 348 g/mol. The van der Waals surface area contributed by atoms with E-state index in [-0.39, 0.29) is 0 Å². The van der Waals surface area contributed by atoms with E-state index < -0.39 is 0 Å². The van der Waals surface area contributed by atoms with Crippen molar-refractivity contribution in [2.24, 2.45) is 0 Å². The normalized spacial score (nSPS) is 15.3. The van der Waals surface area contributed by atoms with Crippen LogP contribution in [-0.2, 0) is 11.3 Å². The number of hydrogen-bond donors (Lipinski definition) is 0. The summed E-state index contributed by atoms with van der Waals surface area (Å²) in [6, 6.07) is 12.7. The van der Waals surface area contributed by atoms with Crippen LogP contribution in [0.1, 0.15) is 5.56 Å². The summed E-state index contributed by atoms with van der Waals surface area (Å²) in [4.78, 5) is 6.69. The first-order chi connectivity index (χ1) is 12.8. The molecule has 0 bridgehead atoms. The number of ether oxygens (including phenoxy) is 1. The Morgan fingerprint density at radius 1 is 1.04 bits per heavy atom. The molecule has 0 saturated carbocycles. The van der Waals surface area contributed by atoms with Gasteiger partial charge in [0.25, 0.3) is 0 Å². The van der Waals surface area contributed by atoms with Gasteiger partial charge in [-0.3, -0.25) is 14.6 Å². The number of morpholine rings is 1. The lowest BCUT2D eigenvalue weighted by atomic mass is 10.00. The molecule has 1 saturated heterocycles. The summed E-state index contributed by atoms with van der Waals surface area (Å²) in [6.07, 6.45) is 5.83. The smallest absolute Gasteiger partial charge is 0.0923 e. The molecule has 2 aromatic heterocycles. The van der Waals surface area contributed by atoms with E-state index in [0.29, 0.717) is 0 Å². The van der Waals surface area contributed by atoms with Gasteiger partial charge in [-0.1, -0.05) is 18.2 Å². The highest BCUT2D eigenvalue weighted by Crippen LogP contribution is 2.27. The van der Waals surface area contributed by atoms with E-state index in [9.17, 15) is 0 Å². The van der Waals surface area contributed by atoms with Crippen molar-refractivity contribution in [1.82, 2.24) is 19.7 Å². The van der Waals surface area contributed by atoms with Crippen molar-refractivity contribution >= 4 is 0 Å². The Balaban J connectivity index is 1.49. The molecule has 0 atom stereocenters. The van der Waals surface area contributed by atoms with Crippen molar-refractivity contribution in [2.45, 2.75) is 13.5 Å². The van der Waals surface area contributed by atoms with Crippen LogP contribution in [0.5, 0.6) is 0 Å². The zero-order chi connectivity index (χ0) is 17.8. The Morgan fingerprint density at radius 3 is 2.73 bits per heavy atom. The fourth-order valence-electron chi connectivity index (χ4n) is 3.32. The monoisotopic (exact) mass is 348 g/mol. The Kier molecular flexibility index (Phi) is 5.09. The fraction of sp³-hybridized carbons (Fsp3) is 0.333. The van der Waals surface area contributed by atoms with Gasteiger partial charge >= 0.3 is 0 Å². The second-order valence-electron chi connectivity index (χ2n) is 6.69. The minimum atomic E-state index is 0.838. The summed E-state index contributed by atoms with van der Waals surface area (Å²) < 4.78 is 7.44. The molecule has 1 aliphatic rings. The lowest BCUT2D eigenvalue weighted by Gasteiger charge is -2.26. The first-order valence-electron chi connectivity index (χ1n) is 9.14. The molecule has 134 valence electrons. The molecular formula is C21H24N4O. The molecule has 0 unspecified atom stereocenters. The SMILES string of the molecule is Cc1ccncc1-c1cccc(-c2ccn(CCN3CCOCC3)n2)c1. The summed E-state index contributed by atoms with van der Waals surface area (Å²) in [5, 5.41) is 4.77. The second-order valence-corrected chi connectivity index (χ2v) is 6.69. The molecule has 1 aliphatic heterocycles. The maximum absolute atomic E-state index is 5.40. The first-order valence-corrected chi connectivity index (χ1v) is 9.14. The zero-order valence-electron chi connectivity index (χ0n) is 15.1. The molecule has 5 heteroatoms. The van der Waals surface area contributed by atoms with Crippen LogP contribution in [0.3, 0.4) is 0 Å². The van der Waals surface area contributed by atoms with Gasteiger partial charge in [-0.15, -0.1) is 0 Å². The van der Waals surface area contributed by atoms with E-state index >= 15 is 0 Å². The van der Waals surface area contributed by atoms with Crippen LogP contribution >= 0.6 is 0 Å². The third kappa shape index (κ3) is 3.84. The fourth-order valence-corrected chi connectivity index (χ4v) is 3.32. The lowest BCUT2D eigenvalue weighted by Crippen LogP contribution is -2.38. The van der Waals surface area contributed by atoms with Crippen molar-refractivity contribution in [3.8, 4) is 22.4 Å². The molecule has 0 amide bonds. The van der Waals surface area contributed by atoms with E-state index in [1.165, 1.54) is 16.7 Å². The standard InChI is InChI=1S/C21H24N4O/c1-17-5-7-22-16-20(17)18-3-2-4-19(15-18)21-6-8-25(23-21)10-9-24-11-13-26-14-12-24/h2-8,15-16H,9-14H2,1H3. The van der Waals surface area contributed by atoms with E-state index in [4.69, 9.17) is 9.84 Å². The van der Waals surface area contributed by atoms with Crippen molar-refractivity contribution in [3.05, 3.63) is 60.6 Å². The summed E-state index contributed by atoms with van der Waals surface area (Å²) in [5.41, 5.74) is 5.72. The summed E-state index contributed by atoms with van der Waals surface area (Å²) >= 11 is 0. The van der Waals surface area contributed by atoms with Gasteiger partial charge in [0.2, 0.25) is 0 Å². The van der Waals surface area contributed by atoms with E-state index in [1.54, 1.807) is 0 Å². The van der Waals surface area contributed by atoms with Crippen LogP contribution in [0.25, 0.3) is 22.4 Å². The van der Waals surface area contributed by atoms with Crippen LogP contribution < -0.4 is 0 Å². The highest BCUT2D eigenvalue weighted by Gasteiger charge is 2.11. The maximum atomic E-state index is 5.40. The Hall–Kier alpha value is -2.50. The molecular weight excluding hydrogens is 324 g/mol. The number of aromatic nitrogens is 3. The number of hydrogen-bond acceptors (Lipinski definition) is 4. The number of nitrogens with zero attached hydrogens (tertiary/aromatic N) is 4. The van der Waals surface area contributed by atoms with E-state index in [2.05, 4.69) is 53.3 Å². The van der Waals surface area contributed by atoms with Crippen molar-refractivity contribution in [2.75, 3.05) is 32.8 Å². The Morgan fingerprint density at radius 2 is 1.88 bits per heavy atom. The van der Waals surface area contributed by atoms with Gasteiger partial charge in [0.1, 0.15) is 0 Å². The minimum absolute atomic E-state index is 0.838. The maximum Gasteiger partial charge on any atom is 0.0923 e. The van der Waals surface area contributed by atoms with Gasteiger partial charge in [-0.25, -0.2) is 0 Å². The summed E-state index contributed by atoms with van der Waals surface area (Å²) in [7, 11) is 0.